The van der Waals surface area contributed by atoms with E-state index < -0.39 is 23.8 Å². The van der Waals surface area contributed by atoms with Crippen molar-refractivity contribution >= 4 is 23.5 Å². The Balaban J connectivity index is 2.74. The molecule has 0 aliphatic heterocycles. The molecule has 6 N–H and O–H groups in total. The van der Waals surface area contributed by atoms with E-state index in [-0.39, 0.29) is 24.2 Å². The molecule has 1 aromatic rings. The molecule has 102 valence electrons. The number of anilines is 1. The molecule has 0 saturated heterocycles. The summed E-state index contributed by atoms with van der Waals surface area (Å²) in [5.74, 6) is -2.61. The molecule has 0 fully saturated rings. The monoisotopic (exact) mass is 266 g/mol. The van der Waals surface area contributed by atoms with Crippen LogP contribution in [0.2, 0.25) is 0 Å². The highest BCUT2D eigenvalue weighted by molar-refractivity contribution is 5.99. The Labute approximate surface area is 108 Å². The standard InChI is InChI=1S/C11H14N4O4/c12-6-2-1-5-14-9(6)10(17)15-7(11(18)19)3-4-8(13)16/h1-2,5,7H,3-4,12H2,(H2,13,16)(H,15,17)(H,18,19). The van der Waals surface area contributed by atoms with Crippen molar-refractivity contribution in [3.63, 3.8) is 0 Å². The lowest BCUT2D eigenvalue weighted by Crippen LogP contribution is -2.41. The van der Waals surface area contributed by atoms with E-state index in [4.69, 9.17) is 16.6 Å². The van der Waals surface area contributed by atoms with E-state index in [1.165, 1.54) is 12.3 Å². The third-order valence-corrected chi connectivity index (χ3v) is 2.34. The molecule has 8 nitrogen and oxygen atoms in total. The number of carbonyl (C=O) groups is 3. The molecule has 8 heteroatoms. The van der Waals surface area contributed by atoms with Crippen molar-refractivity contribution in [2.24, 2.45) is 5.73 Å². The summed E-state index contributed by atoms with van der Waals surface area (Å²) in [7, 11) is 0. The van der Waals surface area contributed by atoms with Crippen LogP contribution in [0.5, 0.6) is 0 Å². The summed E-state index contributed by atoms with van der Waals surface area (Å²) in [6, 6.07) is 1.80. The molecule has 19 heavy (non-hydrogen) atoms. The summed E-state index contributed by atoms with van der Waals surface area (Å²) in [6.07, 6.45) is 1.13. The van der Waals surface area contributed by atoms with Crippen molar-refractivity contribution in [2.45, 2.75) is 18.9 Å². The lowest BCUT2D eigenvalue weighted by atomic mass is 10.1. The van der Waals surface area contributed by atoms with Gasteiger partial charge in [0.1, 0.15) is 6.04 Å². The molecule has 0 aliphatic rings. The third kappa shape index (κ3) is 4.26. The zero-order chi connectivity index (χ0) is 14.4. The van der Waals surface area contributed by atoms with Gasteiger partial charge in [-0.05, 0) is 18.6 Å². The highest BCUT2D eigenvalue weighted by Gasteiger charge is 2.22. The SMILES string of the molecule is NC(=O)CCC(NC(=O)c1ncccc1N)C(=O)O. The fraction of sp³-hybridized carbons (Fsp3) is 0.273. The number of nitrogens with one attached hydrogen (secondary N) is 1. The Morgan fingerprint density at radius 2 is 2.11 bits per heavy atom. The van der Waals surface area contributed by atoms with E-state index in [0.717, 1.165) is 0 Å². The third-order valence-electron chi connectivity index (χ3n) is 2.34. The number of aromatic nitrogens is 1. The molecule has 0 bridgehead atoms. The number of hydrogen-bond acceptors (Lipinski definition) is 5. The summed E-state index contributed by atoms with van der Waals surface area (Å²) in [5.41, 5.74) is 10.6. The molecular weight excluding hydrogens is 252 g/mol. The second kappa shape index (κ2) is 6.34. The smallest absolute Gasteiger partial charge is 0.326 e. The van der Waals surface area contributed by atoms with Crippen molar-refractivity contribution in [1.29, 1.82) is 0 Å². The molecular formula is C11H14N4O4. The zero-order valence-corrected chi connectivity index (χ0v) is 10.00. The van der Waals surface area contributed by atoms with Crippen molar-refractivity contribution in [3.8, 4) is 0 Å². The van der Waals surface area contributed by atoms with Crippen LogP contribution in [-0.4, -0.2) is 33.9 Å². The lowest BCUT2D eigenvalue weighted by Gasteiger charge is -2.13. The van der Waals surface area contributed by atoms with E-state index >= 15 is 0 Å². The summed E-state index contributed by atoms with van der Waals surface area (Å²) in [5, 5.41) is 11.2. The van der Waals surface area contributed by atoms with E-state index in [2.05, 4.69) is 10.3 Å². The molecule has 1 heterocycles. The molecule has 0 spiro atoms. The lowest BCUT2D eigenvalue weighted by molar-refractivity contribution is -0.139. The second-order valence-corrected chi connectivity index (χ2v) is 3.81. The highest BCUT2D eigenvalue weighted by atomic mass is 16.4. The van der Waals surface area contributed by atoms with Gasteiger partial charge < -0.3 is 21.9 Å². The first-order chi connectivity index (χ1) is 8.91. The fourth-order valence-electron chi connectivity index (χ4n) is 1.38. The maximum Gasteiger partial charge on any atom is 0.326 e. The van der Waals surface area contributed by atoms with E-state index in [9.17, 15) is 14.4 Å². The number of pyridine rings is 1. The van der Waals surface area contributed by atoms with Gasteiger partial charge in [0.2, 0.25) is 5.91 Å². The summed E-state index contributed by atoms with van der Waals surface area (Å²) in [4.78, 5) is 37.1. The van der Waals surface area contributed by atoms with Gasteiger partial charge in [0.25, 0.3) is 5.91 Å². The van der Waals surface area contributed by atoms with Crippen LogP contribution in [0.1, 0.15) is 23.3 Å². The van der Waals surface area contributed by atoms with Crippen molar-refractivity contribution in [2.75, 3.05) is 5.73 Å². The molecule has 0 aromatic carbocycles. The Hall–Kier alpha value is -2.64. The minimum absolute atomic E-state index is 0.0622. The molecule has 1 rings (SSSR count). The Morgan fingerprint density at radius 1 is 1.42 bits per heavy atom. The molecule has 1 unspecified atom stereocenters. The van der Waals surface area contributed by atoms with Gasteiger partial charge in [-0.3, -0.25) is 9.59 Å². The normalized spacial score (nSPS) is 11.6. The van der Waals surface area contributed by atoms with Gasteiger partial charge in [-0.2, -0.15) is 0 Å². The van der Waals surface area contributed by atoms with Gasteiger partial charge in [-0.15, -0.1) is 0 Å². The summed E-state index contributed by atoms with van der Waals surface area (Å²) < 4.78 is 0. The number of aliphatic carboxylic acids is 1. The fourth-order valence-corrected chi connectivity index (χ4v) is 1.38. The van der Waals surface area contributed by atoms with Gasteiger partial charge in [-0.1, -0.05) is 0 Å². The van der Waals surface area contributed by atoms with Crippen molar-refractivity contribution in [3.05, 3.63) is 24.0 Å². The number of carboxylic acids is 1. The van der Waals surface area contributed by atoms with Gasteiger partial charge in [0, 0.05) is 12.6 Å². The van der Waals surface area contributed by atoms with Crippen molar-refractivity contribution < 1.29 is 19.5 Å². The van der Waals surface area contributed by atoms with Crippen LogP contribution >= 0.6 is 0 Å². The topological polar surface area (TPSA) is 148 Å². The quantitative estimate of drug-likeness (QED) is 0.525. The number of nitrogens with two attached hydrogens (primary N) is 2. The number of amides is 2. The minimum atomic E-state index is -1.26. The number of carbonyl (C=O) groups excluding carboxylic acids is 2. The number of nitrogens with zero attached hydrogens (tertiary/aromatic N) is 1. The molecule has 0 saturated carbocycles. The van der Waals surface area contributed by atoms with Crippen LogP contribution in [0.15, 0.2) is 18.3 Å². The number of primary amides is 1. The predicted molar refractivity (Wildman–Crippen MR) is 66.0 cm³/mol. The highest BCUT2D eigenvalue weighted by Crippen LogP contribution is 2.07. The van der Waals surface area contributed by atoms with Gasteiger partial charge in [0.05, 0.1) is 5.69 Å². The first-order valence-corrected chi connectivity index (χ1v) is 5.44. The van der Waals surface area contributed by atoms with Crippen LogP contribution in [0.3, 0.4) is 0 Å². The molecule has 2 amide bonds. The van der Waals surface area contributed by atoms with Gasteiger partial charge in [-0.25, -0.2) is 9.78 Å². The maximum absolute atomic E-state index is 11.8. The maximum atomic E-state index is 11.8. The number of rotatable bonds is 6. The summed E-state index contributed by atoms with van der Waals surface area (Å²) >= 11 is 0. The Bertz CT molecular complexity index is 503. The molecule has 1 atom stereocenters. The molecule has 1 aromatic heterocycles. The minimum Gasteiger partial charge on any atom is -0.480 e. The van der Waals surface area contributed by atoms with Crippen LogP contribution in [0.25, 0.3) is 0 Å². The van der Waals surface area contributed by atoms with Gasteiger partial charge in [0.15, 0.2) is 5.69 Å². The summed E-state index contributed by atoms with van der Waals surface area (Å²) in [6.45, 7) is 0. The number of hydrogen-bond donors (Lipinski definition) is 4. The Morgan fingerprint density at radius 3 is 2.63 bits per heavy atom. The van der Waals surface area contributed by atoms with Crippen LogP contribution in [0, 0.1) is 0 Å². The molecule has 0 radical (unpaired) electrons. The number of nitrogen functional groups attached to an aromatic ring is 1. The molecule has 0 aliphatic carbocycles. The van der Waals surface area contributed by atoms with Gasteiger partial charge >= 0.3 is 5.97 Å². The van der Waals surface area contributed by atoms with Crippen molar-refractivity contribution in [1.82, 2.24) is 10.3 Å². The van der Waals surface area contributed by atoms with Crippen LogP contribution < -0.4 is 16.8 Å². The predicted octanol–water partition coefficient (Wildman–Crippen LogP) is -0.888. The van der Waals surface area contributed by atoms with Crippen LogP contribution in [-0.2, 0) is 9.59 Å². The van der Waals surface area contributed by atoms with E-state index in [1.807, 2.05) is 0 Å². The zero-order valence-electron chi connectivity index (χ0n) is 10.00. The van der Waals surface area contributed by atoms with E-state index in [0.29, 0.717) is 0 Å². The van der Waals surface area contributed by atoms with E-state index in [1.54, 1.807) is 6.07 Å². The first-order valence-electron chi connectivity index (χ1n) is 5.44. The average Bonchev–Trinajstić information content (AvgIpc) is 2.34. The average molecular weight is 266 g/mol. The second-order valence-electron chi connectivity index (χ2n) is 3.81. The first kappa shape index (κ1) is 14.4. The Kier molecular flexibility index (Phi) is 4.81. The largest absolute Gasteiger partial charge is 0.480 e. The van der Waals surface area contributed by atoms with Crippen LogP contribution in [0.4, 0.5) is 5.69 Å². The number of carboxylic acid groups (broad SMARTS) is 1.